The molecule has 1 amide bonds. The van der Waals surface area contributed by atoms with Crippen molar-refractivity contribution in [3.63, 3.8) is 0 Å². The number of aliphatic imine (C=N–C) groups is 1. The Hall–Kier alpha value is -2.44. The van der Waals surface area contributed by atoms with Crippen molar-refractivity contribution in [2.75, 3.05) is 25.5 Å². The van der Waals surface area contributed by atoms with Gasteiger partial charge in [-0.25, -0.2) is 4.79 Å². The van der Waals surface area contributed by atoms with Crippen LogP contribution in [0.4, 0.5) is 10.5 Å². The largest absolute Gasteiger partial charge is 0.495 e. The van der Waals surface area contributed by atoms with Gasteiger partial charge in [0, 0.05) is 19.1 Å². The summed E-state index contributed by atoms with van der Waals surface area (Å²) in [5.74, 6) is 1.00. The zero-order chi connectivity index (χ0) is 19.7. The van der Waals surface area contributed by atoms with Crippen LogP contribution in [0.25, 0.3) is 0 Å². The Morgan fingerprint density at radius 1 is 1.31 bits per heavy atom. The first kappa shape index (κ1) is 21.6. The summed E-state index contributed by atoms with van der Waals surface area (Å²) in [6.45, 7) is 10.6. The summed E-state index contributed by atoms with van der Waals surface area (Å²) in [4.78, 5) is 18.3. The van der Waals surface area contributed by atoms with Crippen LogP contribution in [-0.4, -0.2) is 48.8 Å². The molecule has 3 N–H and O–H groups in total. The van der Waals surface area contributed by atoms with Crippen molar-refractivity contribution < 1.29 is 14.3 Å². The normalized spacial score (nSPS) is 12.0. The predicted octanol–water partition coefficient (Wildman–Crippen LogP) is 3.46. The zero-order valence-corrected chi connectivity index (χ0v) is 16.7. The molecule has 1 rings (SSSR count). The number of anilines is 1. The summed E-state index contributed by atoms with van der Waals surface area (Å²) in [5.41, 5.74) is 6.18. The van der Waals surface area contributed by atoms with Crippen molar-refractivity contribution in [3.05, 3.63) is 24.3 Å². The van der Waals surface area contributed by atoms with Crippen molar-refractivity contribution in [2.24, 2.45) is 10.7 Å². The lowest BCUT2D eigenvalue weighted by atomic mass is 10.2. The molecule has 7 heteroatoms. The minimum absolute atomic E-state index is 0.0536. The predicted molar refractivity (Wildman–Crippen MR) is 106 cm³/mol. The lowest BCUT2D eigenvalue weighted by Gasteiger charge is -2.30. The Kier molecular flexibility index (Phi) is 8.22. The molecule has 0 aliphatic carbocycles. The summed E-state index contributed by atoms with van der Waals surface area (Å²) < 4.78 is 10.7. The third kappa shape index (κ3) is 7.63. The molecule has 0 bridgehead atoms. The second-order valence-electron chi connectivity index (χ2n) is 7.21. The standard InChI is InChI=1S/C19H32N4O3/c1-14(2)23(18(24)26-19(3,4)5)13-9-12-21-17(20)22-15-10-7-8-11-16(15)25-6/h7-8,10-11,14H,9,12-13H2,1-6H3,(H3,20,21,22). The molecule has 0 aliphatic heterocycles. The number of para-hydroxylation sites is 2. The fourth-order valence-electron chi connectivity index (χ4n) is 2.25. The molecule has 1 aromatic carbocycles. The number of nitrogens with zero attached hydrogens (tertiary/aromatic N) is 2. The van der Waals surface area contributed by atoms with E-state index in [1.165, 1.54) is 0 Å². The molecular formula is C19H32N4O3. The topological polar surface area (TPSA) is 89.2 Å². The number of carbonyl (C=O) groups excluding carboxylic acids is 1. The average Bonchev–Trinajstić information content (AvgIpc) is 2.53. The van der Waals surface area contributed by atoms with E-state index in [0.29, 0.717) is 31.2 Å². The van der Waals surface area contributed by atoms with Gasteiger partial charge in [0.25, 0.3) is 0 Å². The second-order valence-corrected chi connectivity index (χ2v) is 7.21. The molecule has 0 spiro atoms. The van der Waals surface area contributed by atoms with Crippen LogP contribution in [0, 0.1) is 0 Å². The zero-order valence-electron chi connectivity index (χ0n) is 16.7. The van der Waals surface area contributed by atoms with Gasteiger partial charge in [0.2, 0.25) is 0 Å². The highest BCUT2D eigenvalue weighted by molar-refractivity contribution is 5.93. The third-order valence-electron chi connectivity index (χ3n) is 3.46. The molecule has 0 fully saturated rings. The number of nitrogens with two attached hydrogens (primary N) is 1. The van der Waals surface area contributed by atoms with Crippen LogP contribution < -0.4 is 15.8 Å². The molecule has 0 aromatic heterocycles. The molecule has 0 saturated heterocycles. The first-order chi connectivity index (χ1) is 12.1. The molecule has 0 unspecified atom stereocenters. The van der Waals surface area contributed by atoms with Crippen LogP contribution in [0.1, 0.15) is 41.0 Å². The monoisotopic (exact) mass is 364 g/mol. The molecule has 26 heavy (non-hydrogen) atoms. The number of ether oxygens (including phenoxy) is 2. The van der Waals surface area contributed by atoms with Gasteiger partial charge in [0.1, 0.15) is 11.4 Å². The van der Waals surface area contributed by atoms with Crippen molar-refractivity contribution in [2.45, 2.75) is 52.7 Å². The van der Waals surface area contributed by atoms with Gasteiger partial charge in [-0.15, -0.1) is 0 Å². The van der Waals surface area contributed by atoms with Gasteiger partial charge in [-0.3, -0.25) is 4.99 Å². The van der Waals surface area contributed by atoms with E-state index in [1.54, 1.807) is 12.0 Å². The van der Waals surface area contributed by atoms with E-state index < -0.39 is 5.60 Å². The molecule has 0 saturated carbocycles. The molecule has 0 aliphatic rings. The number of benzene rings is 1. The lowest BCUT2D eigenvalue weighted by Crippen LogP contribution is -2.41. The maximum atomic E-state index is 12.3. The Labute approximate surface area is 156 Å². The highest BCUT2D eigenvalue weighted by atomic mass is 16.6. The van der Waals surface area contributed by atoms with E-state index in [1.807, 2.05) is 58.9 Å². The summed E-state index contributed by atoms with van der Waals surface area (Å²) in [5, 5.41) is 3.02. The van der Waals surface area contributed by atoms with E-state index in [4.69, 9.17) is 15.2 Å². The van der Waals surface area contributed by atoms with E-state index in [2.05, 4.69) is 10.3 Å². The smallest absolute Gasteiger partial charge is 0.410 e. The second kappa shape index (κ2) is 9.89. The van der Waals surface area contributed by atoms with Crippen LogP contribution in [0.15, 0.2) is 29.3 Å². The maximum absolute atomic E-state index is 12.3. The number of nitrogens with one attached hydrogen (secondary N) is 1. The summed E-state index contributed by atoms with van der Waals surface area (Å²) in [7, 11) is 1.60. The fourth-order valence-corrected chi connectivity index (χ4v) is 2.25. The van der Waals surface area contributed by atoms with Gasteiger partial charge in [0.15, 0.2) is 5.96 Å². The fraction of sp³-hybridized carbons (Fsp3) is 0.579. The number of amides is 1. The van der Waals surface area contributed by atoms with E-state index in [0.717, 1.165) is 5.69 Å². The molecular weight excluding hydrogens is 332 g/mol. The van der Waals surface area contributed by atoms with Crippen LogP contribution in [0.2, 0.25) is 0 Å². The van der Waals surface area contributed by atoms with Gasteiger partial charge < -0.3 is 25.4 Å². The van der Waals surface area contributed by atoms with Crippen LogP contribution in [0.3, 0.4) is 0 Å². The summed E-state index contributed by atoms with van der Waals surface area (Å²) in [6.07, 6.45) is 0.378. The minimum atomic E-state index is -0.508. The highest BCUT2D eigenvalue weighted by Crippen LogP contribution is 2.22. The van der Waals surface area contributed by atoms with Crippen LogP contribution in [-0.2, 0) is 4.74 Å². The molecule has 146 valence electrons. The number of hydrogen-bond donors (Lipinski definition) is 2. The van der Waals surface area contributed by atoms with Crippen molar-refractivity contribution in [1.29, 1.82) is 0 Å². The van der Waals surface area contributed by atoms with E-state index in [9.17, 15) is 4.79 Å². The summed E-state index contributed by atoms with van der Waals surface area (Å²) in [6, 6.07) is 7.53. The van der Waals surface area contributed by atoms with Crippen LogP contribution >= 0.6 is 0 Å². The first-order valence-corrected chi connectivity index (χ1v) is 8.83. The number of guanidine groups is 1. The van der Waals surface area contributed by atoms with Crippen molar-refractivity contribution >= 4 is 17.7 Å². The van der Waals surface area contributed by atoms with Gasteiger partial charge in [-0.05, 0) is 53.2 Å². The Bertz CT molecular complexity index is 609. The summed E-state index contributed by atoms with van der Waals surface area (Å²) >= 11 is 0. The SMILES string of the molecule is COc1ccccc1NC(N)=NCCCN(C(=O)OC(C)(C)C)C(C)C. The lowest BCUT2D eigenvalue weighted by molar-refractivity contribution is 0.0190. The number of carbonyl (C=O) groups is 1. The number of hydrogen-bond acceptors (Lipinski definition) is 4. The van der Waals surface area contributed by atoms with Crippen molar-refractivity contribution in [3.8, 4) is 5.75 Å². The third-order valence-corrected chi connectivity index (χ3v) is 3.46. The van der Waals surface area contributed by atoms with Crippen molar-refractivity contribution in [1.82, 2.24) is 4.90 Å². The Morgan fingerprint density at radius 3 is 2.54 bits per heavy atom. The minimum Gasteiger partial charge on any atom is -0.495 e. The van der Waals surface area contributed by atoms with Gasteiger partial charge >= 0.3 is 6.09 Å². The van der Waals surface area contributed by atoms with E-state index in [-0.39, 0.29) is 12.1 Å². The van der Waals surface area contributed by atoms with Gasteiger partial charge in [0.05, 0.1) is 12.8 Å². The van der Waals surface area contributed by atoms with Crippen LogP contribution in [0.5, 0.6) is 5.75 Å². The highest BCUT2D eigenvalue weighted by Gasteiger charge is 2.23. The van der Waals surface area contributed by atoms with E-state index >= 15 is 0 Å². The number of methoxy groups -OCH3 is 1. The molecule has 0 atom stereocenters. The average molecular weight is 364 g/mol. The first-order valence-electron chi connectivity index (χ1n) is 8.83. The molecule has 7 nitrogen and oxygen atoms in total. The molecule has 0 heterocycles. The number of rotatable bonds is 7. The van der Waals surface area contributed by atoms with Gasteiger partial charge in [-0.1, -0.05) is 12.1 Å². The van der Waals surface area contributed by atoms with Gasteiger partial charge in [-0.2, -0.15) is 0 Å². The quantitative estimate of drug-likeness (QED) is 0.439. The molecule has 1 aromatic rings. The maximum Gasteiger partial charge on any atom is 0.410 e. The Morgan fingerprint density at radius 2 is 1.96 bits per heavy atom. The molecule has 0 radical (unpaired) electrons. The Balaban J connectivity index is 2.54.